The van der Waals surface area contributed by atoms with E-state index in [0.717, 1.165) is 36.6 Å². The monoisotopic (exact) mass is 408 g/mol. The molecule has 1 aliphatic heterocycles. The van der Waals surface area contributed by atoms with Gasteiger partial charge in [-0.3, -0.25) is 4.79 Å². The van der Waals surface area contributed by atoms with Crippen molar-refractivity contribution in [1.29, 1.82) is 0 Å². The maximum atomic E-state index is 12.7. The summed E-state index contributed by atoms with van der Waals surface area (Å²) in [7, 11) is 0. The van der Waals surface area contributed by atoms with Crippen LogP contribution in [0, 0.1) is 19.8 Å². The lowest BCUT2D eigenvalue weighted by atomic mass is 9.95. The van der Waals surface area contributed by atoms with Crippen LogP contribution in [0.5, 0.6) is 0 Å². The van der Waals surface area contributed by atoms with Gasteiger partial charge in [0.15, 0.2) is 0 Å². The van der Waals surface area contributed by atoms with Crippen LogP contribution in [0.25, 0.3) is 10.2 Å². The zero-order valence-corrected chi connectivity index (χ0v) is 18.1. The minimum absolute atomic E-state index is 0.0804. The third-order valence-electron chi connectivity index (χ3n) is 6.06. The molecule has 4 rings (SSSR count). The Morgan fingerprint density at radius 3 is 2.66 bits per heavy atom. The first-order valence-electron chi connectivity index (χ1n) is 10.3. The van der Waals surface area contributed by atoms with Crippen molar-refractivity contribution in [1.82, 2.24) is 15.3 Å². The number of carbonyl (C=O) groups excluding carboxylic acids is 1. The molecule has 6 heteroatoms. The highest BCUT2D eigenvalue weighted by Gasteiger charge is 2.27. The predicted octanol–water partition coefficient (Wildman–Crippen LogP) is 4.44. The van der Waals surface area contributed by atoms with E-state index in [2.05, 4.69) is 53.1 Å². The van der Waals surface area contributed by atoms with E-state index in [1.807, 2.05) is 18.2 Å². The summed E-state index contributed by atoms with van der Waals surface area (Å²) < 4.78 is 0. The summed E-state index contributed by atoms with van der Waals surface area (Å²) in [6.45, 7) is 8.83. The third kappa shape index (κ3) is 4.13. The number of rotatable bonds is 5. The Kier molecular flexibility index (Phi) is 5.81. The topological polar surface area (TPSA) is 58.1 Å². The van der Waals surface area contributed by atoms with E-state index in [0.29, 0.717) is 12.5 Å². The number of benzene rings is 1. The van der Waals surface area contributed by atoms with Crippen molar-refractivity contribution in [2.24, 2.45) is 5.92 Å². The zero-order chi connectivity index (χ0) is 20.4. The highest BCUT2D eigenvalue weighted by Crippen LogP contribution is 2.35. The van der Waals surface area contributed by atoms with Crippen LogP contribution >= 0.6 is 11.3 Å². The number of anilines is 1. The van der Waals surface area contributed by atoms with Crippen molar-refractivity contribution < 1.29 is 4.79 Å². The molecular weight excluding hydrogens is 380 g/mol. The van der Waals surface area contributed by atoms with Crippen LogP contribution in [0.4, 0.5) is 5.82 Å². The number of aromatic nitrogens is 2. The molecule has 1 amide bonds. The van der Waals surface area contributed by atoms with E-state index in [-0.39, 0.29) is 11.8 Å². The fourth-order valence-electron chi connectivity index (χ4n) is 4.05. The van der Waals surface area contributed by atoms with E-state index in [1.165, 1.54) is 21.4 Å². The average molecular weight is 409 g/mol. The van der Waals surface area contributed by atoms with Crippen LogP contribution in [0.15, 0.2) is 36.7 Å². The number of carbonyl (C=O) groups is 1. The number of piperidine rings is 1. The number of nitrogens with zero attached hydrogens (tertiary/aromatic N) is 3. The van der Waals surface area contributed by atoms with Crippen LogP contribution < -0.4 is 10.2 Å². The molecule has 1 N–H and O–H groups in total. The molecule has 0 aliphatic carbocycles. The van der Waals surface area contributed by atoms with E-state index in [9.17, 15) is 4.79 Å². The second kappa shape index (κ2) is 8.49. The number of fused-ring (bicyclic) bond motifs is 1. The Morgan fingerprint density at radius 1 is 1.21 bits per heavy atom. The Hall–Kier alpha value is -2.47. The Labute approximate surface area is 176 Å². The van der Waals surface area contributed by atoms with Gasteiger partial charge in [-0.2, -0.15) is 0 Å². The number of hydrogen-bond acceptors (Lipinski definition) is 5. The second-order valence-corrected chi connectivity index (χ2v) is 9.18. The van der Waals surface area contributed by atoms with Gasteiger partial charge in [-0.1, -0.05) is 37.3 Å². The van der Waals surface area contributed by atoms with E-state index >= 15 is 0 Å². The molecule has 0 bridgehead atoms. The highest BCUT2D eigenvalue weighted by atomic mass is 32.1. The predicted molar refractivity (Wildman–Crippen MR) is 120 cm³/mol. The maximum absolute atomic E-state index is 12.7. The largest absolute Gasteiger partial charge is 0.356 e. The van der Waals surface area contributed by atoms with Gasteiger partial charge in [-0.25, -0.2) is 9.97 Å². The van der Waals surface area contributed by atoms with Gasteiger partial charge in [0.2, 0.25) is 5.91 Å². The van der Waals surface area contributed by atoms with Crippen LogP contribution in [-0.4, -0.2) is 35.5 Å². The highest BCUT2D eigenvalue weighted by molar-refractivity contribution is 7.18. The molecule has 1 aromatic carbocycles. The molecule has 1 saturated heterocycles. The van der Waals surface area contributed by atoms with Crippen molar-refractivity contribution in [3.8, 4) is 0 Å². The normalized spacial score (nSPS) is 16.2. The fourth-order valence-corrected chi connectivity index (χ4v) is 5.05. The molecule has 0 saturated carbocycles. The van der Waals surface area contributed by atoms with Crippen molar-refractivity contribution in [3.05, 3.63) is 52.7 Å². The minimum Gasteiger partial charge on any atom is -0.356 e. The van der Waals surface area contributed by atoms with Crippen molar-refractivity contribution >= 4 is 33.3 Å². The van der Waals surface area contributed by atoms with Gasteiger partial charge in [0.05, 0.1) is 5.39 Å². The summed E-state index contributed by atoms with van der Waals surface area (Å²) in [6, 6.07) is 10.3. The number of hydrogen-bond donors (Lipinski definition) is 1. The number of nitrogens with one attached hydrogen (secondary N) is 1. The van der Waals surface area contributed by atoms with Crippen LogP contribution in [0.1, 0.15) is 41.7 Å². The summed E-state index contributed by atoms with van der Waals surface area (Å²) in [5, 5.41) is 4.34. The lowest BCUT2D eigenvalue weighted by Gasteiger charge is -2.32. The van der Waals surface area contributed by atoms with Crippen LogP contribution in [0.3, 0.4) is 0 Å². The van der Waals surface area contributed by atoms with Gasteiger partial charge in [0.25, 0.3) is 0 Å². The van der Waals surface area contributed by atoms with Gasteiger partial charge in [0.1, 0.15) is 17.0 Å². The summed E-state index contributed by atoms with van der Waals surface area (Å²) in [5.74, 6) is 1.60. The molecular formula is C23H28N4OS. The van der Waals surface area contributed by atoms with Gasteiger partial charge in [-0.15, -0.1) is 11.3 Å². The number of thiophene rings is 1. The maximum Gasteiger partial charge on any atom is 0.223 e. The van der Waals surface area contributed by atoms with E-state index in [1.54, 1.807) is 17.7 Å². The van der Waals surface area contributed by atoms with Gasteiger partial charge >= 0.3 is 0 Å². The Balaban J connectivity index is 1.35. The molecule has 1 unspecified atom stereocenters. The smallest absolute Gasteiger partial charge is 0.223 e. The first-order valence-corrected chi connectivity index (χ1v) is 11.1. The summed E-state index contributed by atoms with van der Waals surface area (Å²) in [5.41, 5.74) is 2.53. The summed E-state index contributed by atoms with van der Waals surface area (Å²) >= 11 is 1.73. The van der Waals surface area contributed by atoms with Gasteiger partial charge in [0, 0.05) is 30.4 Å². The van der Waals surface area contributed by atoms with Gasteiger partial charge < -0.3 is 10.2 Å². The standard InChI is InChI=1S/C23H28N4OS/c1-15(18-7-5-4-6-8-18)13-24-22(28)19-9-11-27(12-10-19)21-20-16(2)17(3)29-23(20)26-14-25-21/h4-8,14-15,19H,9-13H2,1-3H3,(H,24,28). The fraction of sp³-hybridized carbons (Fsp3) is 0.435. The van der Waals surface area contributed by atoms with Gasteiger partial charge in [-0.05, 0) is 43.7 Å². The molecule has 3 heterocycles. The molecule has 1 fully saturated rings. The quantitative estimate of drug-likeness (QED) is 0.678. The zero-order valence-electron chi connectivity index (χ0n) is 17.3. The Morgan fingerprint density at radius 2 is 1.93 bits per heavy atom. The molecule has 152 valence electrons. The summed E-state index contributed by atoms with van der Waals surface area (Å²) in [4.78, 5) is 26.4. The van der Waals surface area contributed by atoms with Crippen molar-refractivity contribution in [3.63, 3.8) is 0 Å². The first-order chi connectivity index (χ1) is 14.0. The lowest BCUT2D eigenvalue weighted by molar-refractivity contribution is -0.125. The summed E-state index contributed by atoms with van der Waals surface area (Å²) in [6.07, 6.45) is 3.38. The molecule has 0 spiro atoms. The van der Waals surface area contributed by atoms with E-state index < -0.39 is 0 Å². The number of aryl methyl sites for hydroxylation is 2. The molecule has 29 heavy (non-hydrogen) atoms. The lowest BCUT2D eigenvalue weighted by Crippen LogP contribution is -2.41. The molecule has 5 nitrogen and oxygen atoms in total. The van der Waals surface area contributed by atoms with E-state index in [4.69, 9.17) is 0 Å². The average Bonchev–Trinajstić information content (AvgIpc) is 3.06. The first kappa shape index (κ1) is 19.8. The molecule has 0 radical (unpaired) electrons. The van der Waals surface area contributed by atoms with Crippen LogP contribution in [0.2, 0.25) is 0 Å². The Bertz CT molecular complexity index is 993. The van der Waals surface area contributed by atoms with Crippen molar-refractivity contribution in [2.45, 2.75) is 39.5 Å². The van der Waals surface area contributed by atoms with Crippen LogP contribution in [-0.2, 0) is 4.79 Å². The molecule has 1 atom stereocenters. The number of amides is 1. The minimum atomic E-state index is 0.0804. The molecule has 1 aliphatic rings. The molecule has 3 aromatic rings. The SMILES string of the molecule is Cc1sc2ncnc(N3CCC(C(=O)NCC(C)c4ccccc4)CC3)c2c1C. The molecule has 2 aromatic heterocycles. The third-order valence-corrected chi connectivity index (χ3v) is 7.18. The second-order valence-electron chi connectivity index (χ2n) is 7.98. The van der Waals surface area contributed by atoms with Crippen molar-refractivity contribution in [2.75, 3.05) is 24.5 Å².